The number of rotatable bonds is 4. The predicted octanol–water partition coefficient (Wildman–Crippen LogP) is 1.02. The first-order chi connectivity index (χ1) is 8.49. The van der Waals surface area contributed by atoms with Gasteiger partial charge < -0.3 is 14.7 Å². The second kappa shape index (κ2) is 4.64. The number of carbonyl (C=O) groups excluding carboxylic acids is 1. The molecule has 0 radical (unpaired) electrons. The van der Waals surface area contributed by atoms with E-state index in [1.807, 2.05) is 0 Å². The number of amides is 1. The molecule has 1 heterocycles. The van der Waals surface area contributed by atoms with Crippen LogP contribution in [-0.4, -0.2) is 47.1 Å². The van der Waals surface area contributed by atoms with E-state index in [2.05, 4.69) is 4.98 Å². The quantitative estimate of drug-likeness (QED) is 0.863. The smallest absolute Gasteiger partial charge is 0.355 e. The van der Waals surface area contributed by atoms with E-state index >= 15 is 0 Å². The molecule has 0 aromatic carbocycles. The minimum Gasteiger partial charge on any atom is -0.489 e. The second-order valence-corrected chi connectivity index (χ2v) is 4.39. The Morgan fingerprint density at radius 2 is 2.11 bits per heavy atom. The average Bonchev–Trinajstić information content (AvgIpc) is 3.11. The molecule has 1 N–H and O–H groups in total. The van der Waals surface area contributed by atoms with E-state index in [-0.39, 0.29) is 17.4 Å². The molecule has 96 valence electrons. The lowest BCUT2D eigenvalue weighted by Crippen LogP contribution is -2.24. The monoisotopic (exact) mass is 250 g/mol. The molecule has 2 rings (SSSR count). The average molecular weight is 250 g/mol. The van der Waals surface area contributed by atoms with Gasteiger partial charge in [0.2, 0.25) is 0 Å². The highest BCUT2D eigenvalue weighted by molar-refractivity contribution is 6.03. The van der Waals surface area contributed by atoms with Crippen molar-refractivity contribution in [1.82, 2.24) is 9.88 Å². The summed E-state index contributed by atoms with van der Waals surface area (Å²) in [6.07, 6.45) is 3.48. The summed E-state index contributed by atoms with van der Waals surface area (Å²) in [4.78, 5) is 28.0. The van der Waals surface area contributed by atoms with Crippen LogP contribution in [0.5, 0.6) is 5.75 Å². The maximum absolute atomic E-state index is 11.9. The van der Waals surface area contributed by atoms with Crippen LogP contribution >= 0.6 is 0 Å². The van der Waals surface area contributed by atoms with Gasteiger partial charge in [-0.3, -0.25) is 4.79 Å². The zero-order valence-electron chi connectivity index (χ0n) is 10.2. The Labute approximate surface area is 104 Å². The normalized spacial score (nSPS) is 14.1. The van der Waals surface area contributed by atoms with Crippen molar-refractivity contribution in [2.45, 2.75) is 18.9 Å². The fourth-order valence-corrected chi connectivity index (χ4v) is 1.46. The van der Waals surface area contributed by atoms with Gasteiger partial charge in [-0.05, 0) is 18.9 Å². The van der Waals surface area contributed by atoms with Crippen LogP contribution in [0, 0.1) is 0 Å². The third-order valence-electron chi connectivity index (χ3n) is 2.53. The second-order valence-electron chi connectivity index (χ2n) is 4.39. The molecular formula is C12H14N2O4. The Hall–Kier alpha value is -2.11. The minimum atomic E-state index is -1.22. The molecule has 0 unspecified atom stereocenters. The molecule has 1 fully saturated rings. The summed E-state index contributed by atoms with van der Waals surface area (Å²) in [5.41, 5.74) is -0.206. The van der Waals surface area contributed by atoms with Crippen molar-refractivity contribution >= 4 is 11.9 Å². The predicted molar refractivity (Wildman–Crippen MR) is 62.9 cm³/mol. The molecule has 0 bridgehead atoms. The van der Waals surface area contributed by atoms with Crippen molar-refractivity contribution in [2.75, 3.05) is 14.1 Å². The van der Waals surface area contributed by atoms with Crippen LogP contribution in [0.3, 0.4) is 0 Å². The van der Waals surface area contributed by atoms with Crippen LogP contribution in [0.1, 0.15) is 33.7 Å². The van der Waals surface area contributed by atoms with Crippen molar-refractivity contribution < 1.29 is 19.4 Å². The van der Waals surface area contributed by atoms with E-state index < -0.39 is 11.9 Å². The molecule has 6 heteroatoms. The lowest BCUT2D eigenvalue weighted by molar-refractivity contribution is 0.0678. The SMILES string of the molecule is CN(C)C(=O)c1cc(OC2CC2)cnc1C(=O)O. The third-order valence-corrected chi connectivity index (χ3v) is 2.53. The van der Waals surface area contributed by atoms with Crippen molar-refractivity contribution in [3.05, 3.63) is 23.5 Å². The van der Waals surface area contributed by atoms with Gasteiger partial charge in [-0.15, -0.1) is 0 Å². The van der Waals surface area contributed by atoms with Gasteiger partial charge in [0.05, 0.1) is 17.9 Å². The largest absolute Gasteiger partial charge is 0.489 e. The number of carboxylic acid groups (broad SMARTS) is 1. The van der Waals surface area contributed by atoms with Crippen LogP contribution in [0.25, 0.3) is 0 Å². The maximum Gasteiger partial charge on any atom is 0.355 e. The number of carboxylic acids is 1. The molecule has 0 aliphatic heterocycles. The molecule has 6 nitrogen and oxygen atoms in total. The van der Waals surface area contributed by atoms with Gasteiger partial charge in [0.15, 0.2) is 5.69 Å². The number of carbonyl (C=O) groups is 2. The Morgan fingerprint density at radius 1 is 1.44 bits per heavy atom. The molecule has 1 aromatic heterocycles. The van der Waals surface area contributed by atoms with Gasteiger partial charge in [-0.1, -0.05) is 0 Å². The summed E-state index contributed by atoms with van der Waals surface area (Å²) < 4.78 is 5.50. The van der Waals surface area contributed by atoms with Crippen LogP contribution in [0.2, 0.25) is 0 Å². The first-order valence-electron chi connectivity index (χ1n) is 5.60. The van der Waals surface area contributed by atoms with E-state index in [0.717, 1.165) is 12.8 Å². The first-order valence-corrected chi connectivity index (χ1v) is 5.60. The number of hydrogen-bond donors (Lipinski definition) is 1. The van der Waals surface area contributed by atoms with Gasteiger partial charge in [-0.2, -0.15) is 0 Å². The number of aromatic carboxylic acids is 1. The number of nitrogens with zero attached hydrogens (tertiary/aromatic N) is 2. The van der Waals surface area contributed by atoms with Gasteiger partial charge in [-0.25, -0.2) is 9.78 Å². The fourth-order valence-electron chi connectivity index (χ4n) is 1.46. The summed E-state index contributed by atoms with van der Waals surface area (Å²) in [6, 6.07) is 1.44. The molecule has 1 aliphatic rings. The molecule has 1 amide bonds. The zero-order chi connectivity index (χ0) is 13.3. The lowest BCUT2D eigenvalue weighted by atomic mass is 10.1. The van der Waals surface area contributed by atoms with E-state index in [4.69, 9.17) is 9.84 Å². The number of pyridine rings is 1. The Bertz CT molecular complexity index is 495. The van der Waals surface area contributed by atoms with Gasteiger partial charge in [0.25, 0.3) is 5.91 Å². The molecule has 1 aromatic rings. The van der Waals surface area contributed by atoms with E-state index in [1.165, 1.54) is 17.2 Å². The molecule has 1 aliphatic carbocycles. The summed E-state index contributed by atoms with van der Waals surface area (Å²) >= 11 is 0. The lowest BCUT2D eigenvalue weighted by Gasteiger charge is -2.13. The van der Waals surface area contributed by atoms with Crippen LogP contribution in [0.4, 0.5) is 0 Å². The van der Waals surface area contributed by atoms with Crippen molar-refractivity contribution in [1.29, 1.82) is 0 Å². The number of aromatic nitrogens is 1. The molecule has 0 spiro atoms. The first kappa shape index (κ1) is 12.3. The molecule has 1 saturated carbocycles. The topological polar surface area (TPSA) is 79.7 Å². The van der Waals surface area contributed by atoms with Crippen molar-refractivity contribution in [3.63, 3.8) is 0 Å². The highest BCUT2D eigenvalue weighted by Gasteiger charge is 2.26. The van der Waals surface area contributed by atoms with Crippen LogP contribution < -0.4 is 4.74 Å². The fraction of sp³-hybridized carbons (Fsp3) is 0.417. The van der Waals surface area contributed by atoms with Crippen molar-refractivity contribution in [2.24, 2.45) is 0 Å². The number of hydrogen-bond acceptors (Lipinski definition) is 4. The van der Waals surface area contributed by atoms with Gasteiger partial charge in [0.1, 0.15) is 5.75 Å². The van der Waals surface area contributed by atoms with E-state index in [1.54, 1.807) is 14.1 Å². The summed E-state index contributed by atoms with van der Waals surface area (Å²) in [7, 11) is 3.12. The van der Waals surface area contributed by atoms with Crippen LogP contribution in [-0.2, 0) is 0 Å². The maximum atomic E-state index is 11.9. The summed E-state index contributed by atoms with van der Waals surface area (Å²) in [6.45, 7) is 0. The van der Waals surface area contributed by atoms with Gasteiger partial charge in [0, 0.05) is 14.1 Å². The van der Waals surface area contributed by atoms with Gasteiger partial charge >= 0.3 is 5.97 Å². The Morgan fingerprint density at radius 3 is 2.61 bits per heavy atom. The number of ether oxygens (including phenoxy) is 1. The zero-order valence-corrected chi connectivity index (χ0v) is 10.2. The summed E-state index contributed by atoms with van der Waals surface area (Å²) in [5, 5.41) is 9.01. The third kappa shape index (κ3) is 2.58. The summed E-state index contributed by atoms with van der Waals surface area (Å²) in [5.74, 6) is -1.19. The standard InChI is InChI=1S/C12H14N2O4/c1-14(2)11(15)9-5-8(18-7-3-4-7)6-13-10(9)12(16)17/h5-7H,3-4H2,1-2H3,(H,16,17). The van der Waals surface area contributed by atoms with E-state index in [9.17, 15) is 9.59 Å². The van der Waals surface area contributed by atoms with Crippen LogP contribution in [0.15, 0.2) is 12.3 Å². The Kier molecular flexibility index (Phi) is 3.18. The molecular weight excluding hydrogens is 236 g/mol. The minimum absolute atomic E-state index is 0.0469. The molecule has 18 heavy (non-hydrogen) atoms. The molecule has 0 atom stereocenters. The van der Waals surface area contributed by atoms with E-state index in [0.29, 0.717) is 5.75 Å². The molecule has 0 saturated heterocycles. The van der Waals surface area contributed by atoms with Crippen molar-refractivity contribution in [3.8, 4) is 5.75 Å². The highest BCUT2D eigenvalue weighted by Crippen LogP contribution is 2.27. The highest BCUT2D eigenvalue weighted by atomic mass is 16.5. The Balaban J connectivity index is 2.36.